The molecule has 1 aliphatic rings. The molecule has 0 saturated heterocycles. The van der Waals surface area contributed by atoms with Crippen molar-refractivity contribution in [3.8, 4) is 22.5 Å². The molecule has 0 aliphatic heterocycles. The Labute approximate surface area is 230 Å². The Morgan fingerprint density at radius 2 is 1.80 bits per heavy atom. The molecule has 1 fully saturated rings. The fourth-order valence-electron chi connectivity index (χ4n) is 5.85. The zero-order valence-corrected chi connectivity index (χ0v) is 22.6. The predicted molar refractivity (Wildman–Crippen MR) is 150 cm³/mol. The van der Waals surface area contributed by atoms with Crippen molar-refractivity contribution in [1.29, 1.82) is 0 Å². The van der Waals surface area contributed by atoms with E-state index in [0.29, 0.717) is 50.1 Å². The van der Waals surface area contributed by atoms with Crippen molar-refractivity contribution < 1.29 is 9.63 Å². The first-order chi connectivity index (χ1) is 19.3. The van der Waals surface area contributed by atoms with Gasteiger partial charge >= 0.3 is 5.76 Å². The van der Waals surface area contributed by atoms with E-state index >= 15 is 0 Å². The van der Waals surface area contributed by atoms with Crippen molar-refractivity contribution in [3.63, 3.8) is 0 Å². The van der Waals surface area contributed by atoms with Crippen LogP contribution in [0, 0.1) is 0 Å². The summed E-state index contributed by atoms with van der Waals surface area (Å²) in [7, 11) is 0. The van der Waals surface area contributed by atoms with Crippen LogP contribution in [0.4, 0.5) is 0 Å². The fraction of sp³-hybridized carbons (Fsp3) is 0.367. The van der Waals surface area contributed by atoms with E-state index in [1.54, 1.807) is 4.57 Å². The summed E-state index contributed by atoms with van der Waals surface area (Å²) >= 11 is 0. The second-order valence-corrected chi connectivity index (χ2v) is 10.9. The van der Waals surface area contributed by atoms with Gasteiger partial charge in [0.2, 0.25) is 5.78 Å². The molecule has 6 rings (SSSR count). The second-order valence-electron chi connectivity index (χ2n) is 10.9. The van der Waals surface area contributed by atoms with Gasteiger partial charge in [0, 0.05) is 23.6 Å². The third-order valence-corrected chi connectivity index (χ3v) is 7.98. The Kier molecular flexibility index (Phi) is 6.71. The van der Waals surface area contributed by atoms with E-state index in [1.165, 1.54) is 6.33 Å². The highest BCUT2D eigenvalue weighted by molar-refractivity contribution is 5.80. The van der Waals surface area contributed by atoms with E-state index in [2.05, 4.69) is 27.1 Å². The number of aromatic amines is 1. The zero-order chi connectivity index (χ0) is 27.9. The smallest absolute Gasteiger partial charge is 0.390 e. The number of aromatic nitrogens is 6. The molecule has 2 aromatic carbocycles. The lowest BCUT2D eigenvalue weighted by atomic mass is 9.83. The van der Waals surface area contributed by atoms with Crippen LogP contribution in [0.1, 0.15) is 68.8 Å². The first-order valence-electron chi connectivity index (χ1n) is 13.8. The van der Waals surface area contributed by atoms with Crippen molar-refractivity contribution in [2.24, 2.45) is 0 Å². The standard InChI is InChI=1S/C30H32N6O4/c1-3-6-25-24(27(37)35(28-31-18-32-36(25)28)21-13-15-30(2,39)16-14-21)17-19-9-11-20(12-10-19)22-7-4-5-8-23(22)26-33-29(38)40-34-26/h4-5,7-12,18,21,39H,3,6,13-17H2,1-2H3,(H,33,34,38). The fourth-order valence-corrected chi connectivity index (χ4v) is 5.85. The molecule has 0 atom stereocenters. The van der Waals surface area contributed by atoms with Crippen LogP contribution >= 0.6 is 0 Å². The highest BCUT2D eigenvalue weighted by Crippen LogP contribution is 2.35. The van der Waals surface area contributed by atoms with Gasteiger partial charge in [-0.1, -0.05) is 67.0 Å². The summed E-state index contributed by atoms with van der Waals surface area (Å²) < 4.78 is 8.34. The van der Waals surface area contributed by atoms with Gasteiger partial charge in [0.05, 0.1) is 11.3 Å². The summed E-state index contributed by atoms with van der Waals surface area (Å²) in [5, 5.41) is 18.9. The molecular formula is C30H32N6O4. The number of aliphatic hydroxyl groups is 1. The Bertz CT molecular complexity index is 1770. The van der Waals surface area contributed by atoms with E-state index in [9.17, 15) is 14.7 Å². The quantitative estimate of drug-likeness (QED) is 0.314. The molecule has 1 aliphatic carbocycles. The number of aryl methyl sites for hydroxylation is 1. The minimum Gasteiger partial charge on any atom is -0.390 e. The first kappa shape index (κ1) is 25.9. The number of benzene rings is 2. The van der Waals surface area contributed by atoms with Crippen molar-refractivity contribution in [3.05, 3.63) is 92.6 Å². The van der Waals surface area contributed by atoms with Crippen molar-refractivity contribution >= 4 is 5.78 Å². The van der Waals surface area contributed by atoms with Crippen LogP contribution in [0.5, 0.6) is 0 Å². The summed E-state index contributed by atoms with van der Waals surface area (Å²) in [6.45, 7) is 3.96. The predicted octanol–water partition coefficient (Wildman–Crippen LogP) is 4.31. The van der Waals surface area contributed by atoms with E-state index in [4.69, 9.17) is 4.52 Å². The summed E-state index contributed by atoms with van der Waals surface area (Å²) in [6, 6.07) is 15.7. The van der Waals surface area contributed by atoms with Crippen LogP contribution in [0.25, 0.3) is 28.3 Å². The Morgan fingerprint density at radius 3 is 2.48 bits per heavy atom. The third kappa shape index (κ3) is 4.79. The number of hydrogen-bond acceptors (Lipinski definition) is 7. The normalized spacial score (nSPS) is 19.3. The van der Waals surface area contributed by atoms with Gasteiger partial charge < -0.3 is 5.11 Å². The minimum atomic E-state index is -0.696. The first-order valence-corrected chi connectivity index (χ1v) is 13.8. The maximum Gasteiger partial charge on any atom is 0.439 e. The number of nitrogens with zero attached hydrogens (tertiary/aromatic N) is 5. The van der Waals surface area contributed by atoms with Crippen LogP contribution < -0.4 is 11.3 Å². The molecule has 1 saturated carbocycles. The molecule has 0 radical (unpaired) electrons. The highest BCUT2D eigenvalue weighted by atomic mass is 16.5. The van der Waals surface area contributed by atoms with Crippen molar-refractivity contribution in [1.82, 2.24) is 29.3 Å². The van der Waals surface area contributed by atoms with Gasteiger partial charge in [-0.15, -0.1) is 0 Å². The topological polar surface area (TPSA) is 131 Å². The Hall–Kier alpha value is -4.31. The molecule has 5 aromatic rings. The van der Waals surface area contributed by atoms with Crippen molar-refractivity contribution in [2.45, 2.75) is 70.4 Å². The highest BCUT2D eigenvalue weighted by Gasteiger charge is 2.32. The number of fused-ring (bicyclic) bond motifs is 1. The van der Waals surface area contributed by atoms with Gasteiger partial charge in [-0.3, -0.25) is 18.9 Å². The number of hydrogen-bond donors (Lipinski definition) is 2. The average Bonchev–Trinajstić information content (AvgIpc) is 3.61. The molecule has 10 heteroatoms. The van der Waals surface area contributed by atoms with Crippen LogP contribution in [-0.2, 0) is 12.8 Å². The van der Waals surface area contributed by atoms with Gasteiger partial charge in [0.25, 0.3) is 5.56 Å². The van der Waals surface area contributed by atoms with Gasteiger partial charge in [-0.25, -0.2) is 9.31 Å². The minimum absolute atomic E-state index is 0.0279. The molecule has 3 aromatic heterocycles. The number of H-pyrrole nitrogens is 1. The van der Waals surface area contributed by atoms with Crippen LogP contribution in [0.3, 0.4) is 0 Å². The summed E-state index contributed by atoms with van der Waals surface area (Å²) in [6.07, 6.45) is 6.28. The van der Waals surface area contributed by atoms with Gasteiger partial charge in [0.15, 0.2) is 5.82 Å². The summed E-state index contributed by atoms with van der Waals surface area (Å²) in [5.74, 6) is 0.345. The SMILES string of the molecule is CCCc1c(Cc2ccc(-c3ccccc3-c3noc(=O)[nH]3)cc2)c(=O)n(C2CCC(C)(O)CC2)c2ncnn12. The van der Waals surface area contributed by atoms with Crippen LogP contribution in [0.2, 0.25) is 0 Å². The monoisotopic (exact) mass is 540 g/mol. The molecule has 40 heavy (non-hydrogen) atoms. The zero-order valence-electron chi connectivity index (χ0n) is 22.6. The largest absolute Gasteiger partial charge is 0.439 e. The number of nitrogens with one attached hydrogen (secondary N) is 1. The third-order valence-electron chi connectivity index (χ3n) is 7.98. The Morgan fingerprint density at radius 1 is 1.07 bits per heavy atom. The van der Waals surface area contributed by atoms with E-state index in [-0.39, 0.29) is 11.6 Å². The molecule has 2 N–H and O–H groups in total. The molecule has 0 unspecified atom stereocenters. The van der Waals surface area contributed by atoms with E-state index in [0.717, 1.165) is 39.9 Å². The summed E-state index contributed by atoms with van der Waals surface area (Å²) in [4.78, 5) is 32.7. The molecule has 0 spiro atoms. The second kappa shape index (κ2) is 10.3. The van der Waals surface area contributed by atoms with Gasteiger partial charge in [-0.2, -0.15) is 10.1 Å². The maximum absolute atomic E-state index is 14.1. The molecule has 3 heterocycles. The number of rotatable bonds is 7. The molecule has 0 amide bonds. The summed E-state index contributed by atoms with van der Waals surface area (Å²) in [5.41, 5.74) is 4.52. The lowest BCUT2D eigenvalue weighted by Crippen LogP contribution is -2.37. The lowest BCUT2D eigenvalue weighted by molar-refractivity contribution is 0.00981. The van der Waals surface area contributed by atoms with Gasteiger partial charge in [0.1, 0.15) is 6.33 Å². The van der Waals surface area contributed by atoms with Crippen molar-refractivity contribution in [2.75, 3.05) is 0 Å². The van der Waals surface area contributed by atoms with Crippen LogP contribution in [0.15, 0.2) is 69.0 Å². The van der Waals surface area contributed by atoms with Gasteiger partial charge in [-0.05, 0) is 55.7 Å². The van der Waals surface area contributed by atoms with E-state index < -0.39 is 11.4 Å². The molecule has 0 bridgehead atoms. The average molecular weight is 541 g/mol. The maximum atomic E-state index is 14.1. The lowest BCUT2D eigenvalue weighted by Gasteiger charge is -2.34. The molecule has 10 nitrogen and oxygen atoms in total. The molecular weight excluding hydrogens is 508 g/mol. The van der Waals surface area contributed by atoms with Crippen LogP contribution in [-0.4, -0.2) is 40.0 Å². The Balaban J connectivity index is 1.38. The van der Waals surface area contributed by atoms with E-state index in [1.807, 2.05) is 60.0 Å². The molecule has 206 valence electrons.